The van der Waals surface area contributed by atoms with E-state index in [1.54, 1.807) is 41.5 Å². The monoisotopic (exact) mass is 391 g/mol. The summed E-state index contributed by atoms with van der Waals surface area (Å²) in [7, 11) is 0. The van der Waals surface area contributed by atoms with Crippen LogP contribution in [0, 0.1) is 10.8 Å². The molecular formula is C21H33N3O4. The SMILES string of the molecule is CC(C)(C)NC(=O)c1cc(NC(=O)C(C)(C)C)c(O)c(NC(=O)C(C)(C)C)c1. The Labute approximate surface area is 167 Å². The van der Waals surface area contributed by atoms with Gasteiger partial charge in [-0.15, -0.1) is 0 Å². The quantitative estimate of drug-likeness (QED) is 0.586. The van der Waals surface area contributed by atoms with Crippen molar-refractivity contribution in [2.75, 3.05) is 10.6 Å². The number of phenolic OH excluding ortho intramolecular Hbond substituents is 1. The number of aromatic hydroxyl groups is 1. The lowest BCUT2D eigenvalue weighted by Gasteiger charge is -2.23. The molecule has 0 unspecified atom stereocenters. The highest BCUT2D eigenvalue weighted by Crippen LogP contribution is 2.36. The van der Waals surface area contributed by atoms with Crippen molar-refractivity contribution in [1.82, 2.24) is 5.32 Å². The number of anilines is 2. The largest absolute Gasteiger partial charge is 0.504 e. The van der Waals surface area contributed by atoms with Gasteiger partial charge in [-0.3, -0.25) is 14.4 Å². The van der Waals surface area contributed by atoms with Gasteiger partial charge < -0.3 is 21.1 Å². The molecule has 1 rings (SSSR count). The lowest BCUT2D eigenvalue weighted by atomic mass is 9.95. The summed E-state index contributed by atoms with van der Waals surface area (Å²) in [6.45, 7) is 15.9. The zero-order valence-corrected chi connectivity index (χ0v) is 18.3. The summed E-state index contributed by atoms with van der Waals surface area (Å²) in [5.74, 6) is -1.35. The number of carbonyl (C=O) groups is 3. The third kappa shape index (κ3) is 6.55. The first-order valence-electron chi connectivity index (χ1n) is 9.24. The van der Waals surface area contributed by atoms with E-state index < -0.39 is 16.4 Å². The predicted molar refractivity (Wildman–Crippen MR) is 111 cm³/mol. The summed E-state index contributed by atoms with van der Waals surface area (Å²) < 4.78 is 0. The molecule has 1 aromatic rings. The molecule has 0 heterocycles. The highest BCUT2D eigenvalue weighted by atomic mass is 16.3. The highest BCUT2D eigenvalue weighted by Gasteiger charge is 2.27. The summed E-state index contributed by atoms with van der Waals surface area (Å²) in [5, 5.41) is 18.7. The highest BCUT2D eigenvalue weighted by molar-refractivity contribution is 6.04. The maximum absolute atomic E-state index is 12.6. The van der Waals surface area contributed by atoms with Crippen molar-refractivity contribution in [3.63, 3.8) is 0 Å². The molecule has 1 aromatic carbocycles. The smallest absolute Gasteiger partial charge is 0.251 e. The molecular weight excluding hydrogens is 358 g/mol. The van der Waals surface area contributed by atoms with Gasteiger partial charge in [-0.1, -0.05) is 41.5 Å². The minimum Gasteiger partial charge on any atom is -0.504 e. The van der Waals surface area contributed by atoms with Gasteiger partial charge in [-0.2, -0.15) is 0 Å². The van der Waals surface area contributed by atoms with Crippen LogP contribution in [0.3, 0.4) is 0 Å². The molecule has 0 aliphatic rings. The molecule has 0 aliphatic carbocycles. The molecule has 7 nitrogen and oxygen atoms in total. The van der Waals surface area contributed by atoms with Crippen molar-refractivity contribution >= 4 is 29.1 Å². The van der Waals surface area contributed by atoms with Crippen LogP contribution >= 0.6 is 0 Å². The Kier molecular flexibility index (Phi) is 6.55. The first kappa shape index (κ1) is 23.5. The van der Waals surface area contributed by atoms with E-state index in [1.807, 2.05) is 20.8 Å². The minimum absolute atomic E-state index is 0.0608. The van der Waals surface area contributed by atoms with Gasteiger partial charge in [0.25, 0.3) is 5.91 Å². The molecule has 0 spiro atoms. The lowest BCUT2D eigenvalue weighted by molar-refractivity contribution is -0.123. The standard InChI is InChI=1S/C21H33N3O4/c1-19(2,3)17(27)22-13-10-12(16(26)24-21(7,8)9)11-14(15(13)25)23-18(28)20(4,5)6/h10-11,25H,1-9H3,(H,22,27)(H,23,28)(H,24,26). The van der Waals surface area contributed by atoms with E-state index in [0.29, 0.717) is 0 Å². The van der Waals surface area contributed by atoms with Gasteiger partial charge in [0.05, 0.1) is 11.4 Å². The van der Waals surface area contributed by atoms with Crippen LogP contribution in [0.5, 0.6) is 5.75 Å². The van der Waals surface area contributed by atoms with Crippen LogP contribution in [0.1, 0.15) is 72.7 Å². The molecule has 7 heteroatoms. The van der Waals surface area contributed by atoms with Crippen LogP contribution in [-0.2, 0) is 9.59 Å². The second-order valence-corrected chi connectivity index (χ2v) is 10.0. The fraction of sp³-hybridized carbons (Fsp3) is 0.571. The second kappa shape index (κ2) is 7.81. The summed E-state index contributed by atoms with van der Waals surface area (Å²) >= 11 is 0. The van der Waals surface area contributed by atoms with Crippen molar-refractivity contribution in [3.8, 4) is 5.75 Å². The van der Waals surface area contributed by atoms with Crippen LogP contribution in [-0.4, -0.2) is 28.4 Å². The average molecular weight is 392 g/mol. The third-order valence-electron chi connectivity index (χ3n) is 3.72. The molecule has 0 aromatic heterocycles. The van der Waals surface area contributed by atoms with Crippen LogP contribution in [0.15, 0.2) is 12.1 Å². The number of amides is 3. The molecule has 0 saturated carbocycles. The number of hydrogen-bond acceptors (Lipinski definition) is 4. The predicted octanol–water partition coefficient (Wildman–Crippen LogP) is 3.89. The number of phenols is 1. The van der Waals surface area contributed by atoms with Crippen molar-refractivity contribution in [2.24, 2.45) is 10.8 Å². The van der Waals surface area contributed by atoms with Crippen LogP contribution in [0.4, 0.5) is 11.4 Å². The summed E-state index contributed by atoms with van der Waals surface area (Å²) in [4.78, 5) is 37.4. The van der Waals surface area contributed by atoms with Gasteiger partial charge in [0, 0.05) is 21.9 Å². The molecule has 0 radical (unpaired) electrons. The number of nitrogens with one attached hydrogen (secondary N) is 3. The molecule has 4 N–H and O–H groups in total. The topological polar surface area (TPSA) is 108 Å². The Hall–Kier alpha value is -2.57. The van der Waals surface area contributed by atoms with E-state index in [4.69, 9.17) is 0 Å². The Morgan fingerprint density at radius 2 is 1.11 bits per heavy atom. The van der Waals surface area contributed by atoms with E-state index in [0.717, 1.165) is 0 Å². The van der Waals surface area contributed by atoms with Gasteiger partial charge >= 0.3 is 0 Å². The second-order valence-electron chi connectivity index (χ2n) is 10.0. The fourth-order valence-electron chi connectivity index (χ4n) is 1.99. The minimum atomic E-state index is -0.703. The van der Waals surface area contributed by atoms with Crippen molar-refractivity contribution in [2.45, 2.75) is 67.9 Å². The summed E-state index contributed by atoms with van der Waals surface area (Å²) in [6.07, 6.45) is 0. The Bertz CT molecular complexity index is 729. The van der Waals surface area contributed by atoms with Crippen LogP contribution in [0.25, 0.3) is 0 Å². The van der Waals surface area contributed by atoms with E-state index in [1.165, 1.54) is 12.1 Å². The Morgan fingerprint density at radius 1 is 0.750 bits per heavy atom. The number of benzene rings is 1. The molecule has 156 valence electrons. The van der Waals surface area contributed by atoms with Gasteiger partial charge in [-0.25, -0.2) is 0 Å². The Morgan fingerprint density at radius 3 is 1.39 bits per heavy atom. The molecule has 0 fully saturated rings. The van der Waals surface area contributed by atoms with E-state index in [2.05, 4.69) is 16.0 Å². The number of rotatable bonds is 3. The van der Waals surface area contributed by atoms with Crippen molar-refractivity contribution < 1.29 is 19.5 Å². The normalized spacial score (nSPS) is 12.3. The molecule has 28 heavy (non-hydrogen) atoms. The third-order valence-corrected chi connectivity index (χ3v) is 3.72. The molecule has 0 atom stereocenters. The van der Waals surface area contributed by atoms with Crippen molar-refractivity contribution in [3.05, 3.63) is 17.7 Å². The maximum Gasteiger partial charge on any atom is 0.251 e. The van der Waals surface area contributed by atoms with E-state index in [9.17, 15) is 19.5 Å². The zero-order valence-electron chi connectivity index (χ0n) is 18.3. The van der Waals surface area contributed by atoms with Gasteiger partial charge in [-0.05, 0) is 32.9 Å². The van der Waals surface area contributed by atoms with Crippen molar-refractivity contribution in [1.29, 1.82) is 0 Å². The maximum atomic E-state index is 12.6. The van der Waals surface area contributed by atoms with Crippen LogP contribution in [0.2, 0.25) is 0 Å². The van der Waals surface area contributed by atoms with Gasteiger partial charge in [0.2, 0.25) is 11.8 Å². The summed E-state index contributed by atoms with van der Waals surface area (Å²) in [6, 6.07) is 2.79. The molecule has 0 aliphatic heterocycles. The first-order valence-corrected chi connectivity index (χ1v) is 9.24. The number of carbonyl (C=O) groups excluding carboxylic acids is 3. The number of hydrogen-bond donors (Lipinski definition) is 4. The fourth-order valence-corrected chi connectivity index (χ4v) is 1.99. The van der Waals surface area contributed by atoms with Gasteiger partial charge in [0.1, 0.15) is 0 Å². The van der Waals surface area contributed by atoms with Gasteiger partial charge in [0.15, 0.2) is 5.75 Å². The van der Waals surface area contributed by atoms with E-state index in [-0.39, 0.29) is 40.4 Å². The molecule has 3 amide bonds. The first-order chi connectivity index (χ1) is 12.4. The van der Waals surface area contributed by atoms with E-state index >= 15 is 0 Å². The van der Waals surface area contributed by atoms with Crippen LogP contribution < -0.4 is 16.0 Å². The zero-order chi connectivity index (χ0) is 22.1. The Balaban J connectivity index is 3.43. The molecule has 0 bridgehead atoms. The average Bonchev–Trinajstić information content (AvgIpc) is 2.47. The molecule has 0 saturated heterocycles. The lowest BCUT2D eigenvalue weighted by Crippen LogP contribution is -2.40. The summed E-state index contributed by atoms with van der Waals surface area (Å²) in [5.41, 5.74) is -1.55.